The molecule has 0 heterocycles. The largest absolute Gasteiger partial charge is 0.497 e. The quantitative estimate of drug-likeness (QED) is 0.674. The zero-order valence-electron chi connectivity index (χ0n) is 15.3. The highest BCUT2D eigenvalue weighted by Gasteiger charge is 2.15. The first kappa shape index (κ1) is 20.4. The lowest BCUT2D eigenvalue weighted by molar-refractivity contribution is 0.0927. The smallest absolute Gasteiger partial charge is 0.251 e. The minimum atomic E-state index is -0.337. The fraction of sp³-hybridized carbons (Fsp3) is 0.263. The highest BCUT2D eigenvalue weighted by atomic mass is 35.5. The molecule has 0 fully saturated rings. The van der Waals surface area contributed by atoms with Crippen molar-refractivity contribution in [3.05, 3.63) is 52.5 Å². The van der Waals surface area contributed by atoms with Crippen LogP contribution in [0.3, 0.4) is 0 Å². The third-order valence-corrected chi connectivity index (χ3v) is 4.02. The lowest BCUT2D eigenvalue weighted by Gasteiger charge is -2.12. The Kier molecular flexibility index (Phi) is 7.31. The van der Waals surface area contributed by atoms with E-state index in [0.29, 0.717) is 28.4 Å². The Labute approximate surface area is 162 Å². The summed E-state index contributed by atoms with van der Waals surface area (Å²) in [5.74, 6) is 0.829. The normalized spacial score (nSPS) is 10.1. The average Bonchev–Trinajstić information content (AvgIpc) is 2.70. The van der Waals surface area contributed by atoms with Gasteiger partial charge in [0.1, 0.15) is 5.75 Å². The van der Waals surface area contributed by atoms with Crippen molar-refractivity contribution in [2.24, 2.45) is 0 Å². The summed E-state index contributed by atoms with van der Waals surface area (Å²) in [6.45, 7) is 0.532. The molecular weight excluding hydrogens is 372 g/mol. The van der Waals surface area contributed by atoms with Crippen LogP contribution in [0.25, 0.3) is 0 Å². The van der Waals surface area contributed by atoms with Crippen LogP contribution in [0.15, 0.2) is 36.4 Å². The van der Waals surface area contributed by atoms with Crippen LogP contribution in [0.1, 0.15) is 20.7 Å². The SMILES string of the molecule is COc1ccc(C(=O)NCCNC(=O)c2cc(Cl)c(OC)c(OC)c2)cc1. The van der Waals surface area contributed by atoms with E-state index in [2.05, 4.69) is 10.6 Å². The predicted octanol–water partition coefficient (Wildman–Crippen LogP) is 2.53. The number of nitrogens with one attached hydrogen (secondary N) is 2. The Morgan fingerprint density at radius 2 is 1.44 bits per heavy atom. The predicted molar refractivity (Wildman–Crippen MR) is 102 cm³/mol. The number of methoxy groups -OCH3 is 3. The third-order valence-electron chi connectivity index (χ3n) is 3.74. The number of benzene rings is 2. The van der Waals surface area contributed by atoms with Gasteiger partial charge < -0.3 is 24.8 Å². The maximum absolute atomic E-state index is 12.3. The van der Waals surface area contributed by atoms with E-state index in [9.17, 15) is 9.59 Å². The van der Waals surface area contributed by atoms with Gasteiger partial charge in [-0.2, -0.15) is 0 Å². The zero-order valence-corrected chi connectivity index (χ0v) is 16.1. The number of halogens is 1. The molecule has 2 aromatic rings. The lowest BCUT2D eigenvalue weighted by atomic mass is 10.2. The van der Waals surface area contributed by atoms with Crippen LogP contribution in [0.5, 0.6) is 17.2 Å². The number of hydrogen-bond acceptors (Lipinski definition) is 5. The van der Waals surface area contributed by atoms with Crippen molar-refractivity contribution in [2.75, 3.05) is 34.4 Å². The standard InChI is InChI=1S/C19H21ClN2O5/c1-25-14-6-4-12(5-7-14)18(23)21-8-9-22-19(24)13-10-15(20)17(27-3)16(11-13)26-2/h4-7,10-11H,8-9H2,1-3H3,(H,21,23)(H,22,24). The summed E-state index contributed by atoms with van der Waals surface area (Å²) in [5, 5.41) is 5.71. The molecule has 8 heteroatoms. The number of carbonyl (C=O) groups is 2. The van der Waals surface area contributed by atoms with Crippen LogP contribution in [0.2, 0.25) is 5.02 Å². The lowest BCUT2D eigenvalue weighted by Crippen LogP contribution is -2.34. The summed E-state index contributed by atoms with van der Waals surface area (Å²) in [6, 6.07) is 9.77. The second kappa shape index (κ2) is 9.68. The molecule has 0 atom stereocenters. The van der Waals surface area contributed by atoms with Crippen molar-refractivity contribution in [3.63, 3.8) is 0 Å². The molecule has 27 heavy (non-hydrogen) atoms. The van der Waals surface area contributed by atoms with E-state index < -0.39 is 0 Å². The van der Waals surface area contributed by atoms with Gasteiger partial charge >= 0.3 is 0 Å². The molecule has 0 unspecified atom stereocenters. The number of rotatable bonds is 8. The number of hydrogen-bond donors (Lipinski definition) is 2. The molecule has 0 aromatic heterocycles. The van der Waals surface area contributed by atoms with Gasteiger partial charge in [-0.1, -0.05) is 11.6 Å². The maximum atomic E-state index is 12.3. The summed E-state index contributed by atoms with van der Waals surface area (Å²) >= 11 is 6.10. The van der Waals surface area contributed by atoms with E-state index in [1.807, 2.05) is 0 Å². The van der Waals surface area contributed by atoms with E-state index in [1.165, 1.54) is 26.4 Å². The minimum Gasteiger partial charge on any atom is -0.497 e. The molecule has 0 aliphatic carbocycles. The minimum absolute atomic E-state index is 0.235. The molecule has 0 aliphatic heterocycles. The van der Waals surface area contributed by atoms with Gasteiger partial charge in [0.2, 0.25) is 0 Å². The number of amides is 2. The molecule has 2 amide bonds. The molecule has 144 valence electrons. The van der Waals surface area contributed by atoms with E-state index in [4.69, 9.17) is 25.8 Å². The Bertz CT molecular complexity index is 808. The first-order valence-corrected chi connectivity index (χ1v) is 8.50. The summed E-state index contributed by atoms with van der Waals surface area (Å²) in [6.07, 6.45) is 0. The molecule has 2 rings (SSSR count). The zero-order chi connectivity index (χ0) is 19.8. The summed E-state index contributed by atoms with van der Waals surface area (Å²) in [4.78, 5) is 24.3. The van der Waals surface area contributed by atoms with E-state index in [1.54, 1.807) is 31.4 Å². The molecule has 2 N–H and O–H groups in total. The van der Waals surface area contributed by atoms with Crippen LogP contribution in [0, 0.1) is 0 Å². The van der Waals surface area contributed by atoms with Crippen molar-refractivity contribution in [2.45, 2.75) is 0 Å². The van der Waals surface area contributed by atoms with Gasteiger partial charge in [-0.3, -0.25) is 9.59 Å². The van der Waals surface area contributed by atoms with Crippen molar-refractivity contribution in [1.82, 2.24) is 10.6 Å². The molecule has 0 radical (unpaired) electrons. The van der Waals surface area contributed by atoms with Crippen LogP contribution < -0.4 is 24.8 Å². The number of carbonyl (C=O) groups excluding carboxylic acids is 2. The monoisotopic (exact) mass is 392 g/mol. The van der Waals surface area contributed by atoms with Crippen LogP contribution in [-0.2, 0) is 0 Å². The second-order valence-electron chi connectivity index (χ2n) is 5.43. The van der Waals surface area contributed by atoms with E-state index in [-0.39, 0.29) is 29.9 Å². The summed E-state index contributed by atoms with van der Waals surface area (Å²) in [5.41, 5.74) is 0.841. The Balaban J connectivity index is 1.87. The van der Waals surface area contributed by atoms with E-state index >= 15 is 0 Å². The highest BCUT2D eigenvalue weighted by Crippen LogP contribution is 2.35. The summed E-state index contributed by atoms with van der Waals surface area (Å²) < 4.78 is 15.4. The topological polar surface area (TPSA) is 85.9 Å². The Morgan fingerprint density at radius 3 is 1.96 bits per heavy atom. The summed E-state index contributed by atoms with van der Waals surface area (Å²) in [7, 11) is 4.49. The molecule has 0 saturated heterocycles. The van der Waals surface area contributed by atoms with Gasteiger partial charge in [-0.05, 0) is 36.4 Å². The third kappa shape index (κ3) is 5.27. The highest BCUT2D eigenvalue weighted by molar-refractivity contribution is 6.32. The van der Waals surface area contributed by atoms with E-state index in [0.717, 1.165) is 0 Å². The molecule has 0 spiro atoms. The molecule has 0 aliphatic rings. The van der Waals surface area contributed by atoms with Crippen molar-refractivity contribution < 1.29 is 23.8 Å². The van der Waals surface area contributed by atoms with Gasteiger partial charge in [0.15, 0.2) is 11.5 Å². The van der Waals surface area contributed by atoms with Gasteiger partial charge in [0.05, 0.1) is 26.4 Å². The van der Waals surface area contributed by atoms with Gasteiger partial charge in [-0.15, -0.1) is 0 Å². The fourth-order valence-electron chi connectivity index (χ4n) is 2.35. The first-order chi connectivity index (χ1) is 13.0. The molecule has 7 nitrogen and oxygen atoms in total. The maximum Gasteiger partial charge on any atom is 0.251 e. The molecule has 0 saturated carbocycles. The second-order valence-corrected chi connectivity index (χ2v) is 5.84. The molecule has 0 bridgehead atoms. The first-order valence-electron chi connectivity index (χ1n) is 8.12. The van der Waals surface area contributed by atoms with Crippen molar-refractivity contribution >= 4 is 23.4 Å². The fourth-order valence-corrected chi connectivity index (χ4v) is 2.64. The Hall–Kier alpha value is -2.93. The molecule has 2 aromatic carbocycles. The van der Waals surface area contributed by atoms with Crippen molar-refractivity contribution in [3.8, 4) is 17.2 Å². The van der Waals surface area contributed by atoms with Crippen LogP contribution in [0.4, 0.5) is 0 Å². The van der Waals surface area contributed by atoms with Crippen LogP contribution >= 0.6 is 11.6 Å². The average molecular weight is 393 g/mol. The number of ether oxygens (including phenoxy) is 3. The van der Waals surface area contributed by atoms with Crippen molar-refractivity contribution in [1.29, 1.82) is 0 Å². The van der Waals surface area contributed by atoms with Gasteiger partial charge in [0, 0.05) is 24.2 Å². The van der Waals surface area contributed by atoms with Gasteiger partial charge in [-0.25, -0.2) is 0 Å². The van der Waals surface area contributed by atoms with Crippen LogP contribution in [-0.4, -0.2) is 46.2 Å². The molecular formula is C19H21ClN2O5. The van der Waals surface area contributed by atoms with Gasteiger partial charge in [0.25, 0.3) is 11.8 Å². The Morgan fingerprint density at radius 1 is 0.852 bits per heavy atom.